The van der Waals surface area contributed by atoms with E-state index in [1.54, 1.807) is 11.1 Å². The number of piperidine rings is 1. The molecule has 0 bridgehead atoms. The van der Waals surface area contributed by atoms with Crippen LogP contribution in [0, 0.1) is 17.2 Å². The molecule has 10 heteroatoms. The molecule has 3 aliphatic rings. The highest BCUT2D eigenvalue weighted by atomic mass is 19.4. The molecule has 36 heavy (non-hydrogen) atoms. The molecule has 1 saturated carbocycles. The Hall–Kier alpha value is -2.49. The molecule has 2 unspecified atom stereocenters. The molecule has 2 fully saturated rings. The van der Waals surface area contributed by atoms with Gasteiger partial charge in [-0.3, -0.25) is 4.79 Å². The van der Waals surface area contributed by atoms with Crippen molar-refractivity contribution in [2.75, 3.05) is 19.6 Å². The summed E-state index contributed by atoms with van der Waals surface area (Å²) in [5.74, 6) is -0.732. The van der Waals surface area contributed by atoms with Crippen LogP contribution in [0.4, 0.5) is 17.6 Å². The first-order chi connectivity index (χ1) is 17.1. The minimum absolute atomic E-state index is 0.000899. The number of halogens is 4. The Morgan fingerprint density at radius 1 is 1.11 bits per heavy atom. The molecular weight excluding hydrogens is 474 g/mol. The van der Waals surface area contributed by atoms with Crippen molar-refractivity contribution in [2.24, 2.45) is 11.3 Å². The Balaban J connectivity index is 1.29. The van der Waals surface area contributed by atoms with Crippen molar-refractivity contribution in [3.05, 3.63) is 47.0 Å². The number of nitrogens with zero attached hydrogens (tertiary/aromatic N) is 5. The maximum atomic E-state index is 14.5. The second kappa shape index (κ2) is 9.43. The summed E-state index contributed by atoms with van der Waals surface area (Å²) in [6, 6.07) is 2.23. The number of fused-ring (bicyclic) bond motifs is 1. The molecule has 1 amide bonds. The van der Waals surface area contributed by atoms with Crippen molar-refractivity contribution in [3.63, 3.8) is 0 Å². The van der Waals surface area contributed by atoms with E-state index in [4.69, 9.17) is 0 Å². The third-order valence-corrected chi connectivity index (χ3v) is 8.78. The Morgan fingerprint density at radius 3 is 2.50 bits per heavy atom. The van der Waals surface area contributed by atoms with E-state index in [1.807, 2.05) is 10.9 Å². The summed E-state index contributed by atoms with van der Waals surface area (Å²) in [4.78, 5) is 18.1. The van der Waals surface area contributed by atoms with Crippen LogP contribution in [-0.2, 0) is 23.9 Å². The molecule has 1 aromatic heterocycles. The van der Waals surface area contributed by atoms with E-state index < -0.39 is 23.0 Å². The Kier molecular flexibility index (Phi) is 6.59. The number of amides is 1. The smallest absolute Gasteiger partial charge is 0.338 e. The summed E-state index contributed by atoms with van der Waals surface area (Å²) < 4.78 is 56.2. The molecule has 1 aliphatic carbocycles. The highest BCUT2D eigenvalue weighted by molar-refractivity contribution is 5.84. The normalized spacial score (nSPS) is 26.0. The Bertz CT molecular complexity index is 1090. The second-order valence-electron chi connectivity index (χ2n) is 10.9. The van der Waals surface area contributed by atoms with Gasteiger partial charge in [-0.1, -0.05) is 19.1 Å². The number of aromatic nitrogens is 3. The average Bonchev–Trinajstić information content (AvgIpc) is 3.54. The van der Waals surface area contributed by atoms with E-state index >= 15 is 0 Å². The molecule has 1 aromatic carbocycles. The third-order valence-electron chi connectivity index (χ3n) is 8.78. The number of carbonyl (C=O) groups is 1. The number of benzene rings is 1. The fourth-order valence-electron chi connectivity index (χ4n) is 6.55. The molecule has 3 heterocycles. The second-order valence-corrected chi connectivity index (χ2v) is 10.9. The largest absolute Gasteiger partial charge is 0.416 e. The summed E-state index contributed by atoms with van der Waals surface area (Å²) in [6.45, 7) is 6.36. The number of carbonyl (C=O) groups excluding carboxylic acids is 1. The number of hydrogen-bond acceptors (Lipinski definition) is 4. The monoisotopic (exact) mass is 507 g/mol. The van der Waals surface area contributed by atoms with Crippen molar-refractivity contribution in [2.45, 2.75) is 77.2 Å². The molecule has 0 N–H and O–H groups in total. The van der Waals surface area contributed by atoms with Crippen molar-refractivity contribution in [1.82, 2.24) is 24.8 Å². The van der Waals surface area contributed by atoms with Gasteiger partial charge in [0.2, 0.25) is 5.91 Å². The molecule has 2 atom stereocenters. The van der Waals surface area contributed by atoms with Crippen LogP contribution in [0.5, 0.6) is 0 Å². The van der Waals surface area contributed by atoms with Crippen LogP contribution in [0.15, 0.2) is 24.5 Å². The highest BCUT2D eigenvalue weighted by Crippen LogP contribution is 2.48. The maximum Gasteiger partial charge on any atom is 0.416 e. The molecule has 0 radical (unpaired) electrons. The van der Waals surface area contributed by atoms with Crippen molar-refractivity contribution in [1.29, 1.82) is 0 Å². The first-order valence-electron chi connectivity index (χ1n) is 12.9. The first-order valence-corrected chi connectivity index (χ1v) is 12.9. The summed E-state index contributed by atoms with van der Waals surface area (Å²) >= 11 is 0. The average molecular weight is 508 g/mol. The number of hydrogen-bond donors (Lipinski definition) is 0. The molecular formula is C26H33F4N5O. The quantitative estimate of drug-likeness (QED) is 0.555. The van der Waals surface area contributed by atoms with Crippen LogP contribution in [0.2, 0.25) is 0 Å². The van der Waals surface area contributed by atoms with Gasteiger partial charge in [0.15, 0.2) is 0 Å². The van der Waals surface area contributed by atoms with Gasteiger partial charge in [0, 0.05) is 38.4 Å². The van der Waals surface area contributed by atoms with E-state index in [0.717, 1.165) is 51.3 Å². The predicted octanol–water partition coefficient (Wildman–Crippen LogP) is 4.85. The first kappa shape index (κ1) is 25.2. The van der Waals surface area contributed by atoms with Crippen molar-refractivity contribution < 1.29 is 22.4 Å². The van der Waals surface area contributed by atoms with Crippen LogP contribution in [0.1, 0.15) is 68.7 Å². The maximum absolute atomic E-state index is 14.5. The lowest BCUT2D eigenvalue weighted by Gasteiger charge is -2.41. The van der Waals surface area contributed by atoms with Crippen LogP contribution >= 0.6 is 0 Å². The fraction of sp³-hybridized carbons (Fsp3) is 0.654. The summed E-state index contributed by atoms with van der Waals surface area (Å²) in [5.41, 5.74) is -0.983. The minimum atomic E-state index is -4.62. The van der Waals surface area contributed by atoms with Crippen molar-refractivity contribution >= 4 is 5.91 Å². The van der Waals surface area contributed by atoms with Gasteiger partial charge in [-0.15, -0.1) is 5.10 Å². The molecule has 196 valence electrons. The Labute approximate surface area is 208 Å². The molecule has 5 rings (SSSR count). The van der Waals surface area contributed by atoms with Crippen molar-refractivity contribution in [3.8, 4) is 0 Å². The third kappa shape index (κ3) is 4.53. The zero-order valence-corrected chi connectivity index (χ0v) is 20.8. The lowest BCUT2D eigenvalue weighted by Crippen LogP contribution is -2.49. The van der Waals surface area contributed by atoms with Crippen LogP contribution in [-0.4, -0.2) is 56.4 Å². The zero-order chi connectivity index (χ0) is 25.7. The van der Waals surface area contributed by atoms with Crippen LogP contribution < -0.4 is 0 Å². The number of rotatable bonds is 4. The summed E-state index contributed by atoms with van der Waals surface area (Å²) in [5, 5.41) is 8.05. The lowest BCUT2D eigenvalue weighted by molar-refractivity contribution is -0.146. The van der Waals surface area contributed by atoms with E-state index in [1.165, 1.54) is 0 Å². The molecule has 1 saturated heterocycles. The molecule has 2 aromatic rings. The SMILES string of the molecule is CC(C)C1(C(=O)N2CCc3c(F)cc(C(F)(F)F)cc3C2)CCC(N2CCC(n3ccnn3)CC2)C1. The van der Waals surface area contributed by atoms with Crippen LogP contribution in [0.25, 0.3) is 0 Å². The highest BCUT2D eigenvalue weighted by Gasteiger charge is 2.51. The van der Waals surface area contributed by atoms with E-state index in [-0.39, 0.29) is 30.4 Å². The van der Waals surface area contributed by atoms with E-state index in [2.05, 4.69) is 29.1 Å². The van der Waals surface area contributed by atoms with E-state index in [9.17, 15) is 22.4 Å². The molecule has 0 spiro atoms. The predicted molar refractivity (Wildman–Crippen MR) is 125 cm³/mol. The van der Waals surface area contributed by atoms with Gasteiger partial charge in [0.1, 0.15) is 5.82 Å². The van der Waals surface area contributed by atoms with Gasteiger partial charge in [-0.05, 0) is 67.7 Å². The topological polar surface area (TPSA) is 54.3 Å². The Morgan fingerprint density at radius 2 is 1.86 bits per heavy atom. The van der Waals surface area contributed by atoms with Crippen LogP contribution in [0.3, 0.4) is 0 Å². The van der Waals surface area contributed by atoms with Gasteiger partial charge in [-0.2, -0.15) is 13.2 Å². The van der Waals surface area contributed by atoms with Gasteiger partial charge < -0.3 is 9.80 Å². The number of likely N-dealkylation sites (tertiary alicyclic amines) is 1. The summed E-state index contributed by atoms with van der Waals surface area (Å²) in [6.07, 6.45) is 3.61. The zero-order valence-electron chi connectivity index (χ0n) is 20.8. The molecule has 6 nitrogen and oxygen atoms in total. The lowest BCUT2D eigenvalue weighted by atomic mass is 9.73. The minimum Gasteiger partial charge on any atom is -0.338 e. The summed E-state index contributed by atoms with van der Waals surface area (Å²) in [7, 11) is 0. The van der Waals surface area contributed by atoms with Gasteiger partial charge >= 0.3 is 6.18 Å². The van der Waals surface area contributed by atoms with E-state index in [0.29, 0.717) is 30.3 Å². The van der Waals surface area contributed by atoms with Gasteiger partial charge in [-0.25, -0.2) is 9.07 Å². The number of alkyl halides is 3. The van der Waals surface area contributed by atoms with Gasteiger partial charge in [0.05, 0.1) is 23.2 Å². The standard InChI is InChI=1S/C26H33F4N5O/c1-17(2)25(7-3-21(15-25)33-9-4-20(5-10-33)35-12-8-31-32-35)24(36)34-11-6-22-18(16-34)13-19(14-23(22)27)26(28,29)30/h8,12-14,17,20-21H,3-7,9-11,15-16H2,1-2H3. The van der Waals surface area contributed by atoms with Gasteiger partial charge in [0.25, 0.3) is 0 Å². The molecule has 2 aliphatic heterocycles. The fourth-order valence-corrected chi connectivity index (χ4v) is 6.55.